The maximum absolute atomic E-state index is 3.52. The second kappa shape index (κ2) is 8.06. The molecule has 0 amide bonds. The van der Waals surface area contributed by atoms with Gasteiger partial charge in [-0.2, -0.15) is 0 Å². The van der Waals surface area contributed by atoms with Crippen LogP contribution in [0.25, 0.3) is 0 Å². The van der Waals surface area contributed by atoms with Gasteiger partial charge in [0.15, 0.2) is 0 Å². The van der Waals surface area contributed by atoms with Crippen molar-refractivity contribution in [2.75, 3.05) is 6.54 Å². The third kappa shape index (κ3) is 5.25. The van der Waals surface area contributed by atoms with Crippen LogP contribution in [0.3, 0.4) is 0 Å². The molecular weight excluding hydrogens is 134 g/mol. The van der Waals surface area contributed by atoms with Crippen molar-refractivity contribution >= 4 is 0 Å². The summed E-state index contributed by atoms with van der Waals surface area (Å²) >= 11 is 0. The van der Waals surface area contributed by atoms with E-state index in [2.05, 4.69) is 12.2 Å². The summed E-state index contributed by atoms with van der Waals surface area (Å²) in [6.45, 7) is 7.51. The van der Waals surface area contributed by atoms with Gasteiger partial charge in [0.25, 0.3) is 0 Å². The molecule has 1 aliphatic rings. The number of hydrogen-bond donors (Lipinski definition) is 1. The SMILES string of the molecule is CC.CCCC1CCCCN1. The van der Waals surface area contributed by atoms with E-state index in [0.29, 0.717) is 0 Å². The summed E-state index contributed by atoms with van der Waals surface area (Å²) in [6.07, 6.45) is 6.95. The highest BCUT2D eigenvalue weighted by atomic mass is 14.9. The Morgan fingerprint density at radius 2 is 2.00 bits per heavy atom. The average Bonchev–Trinajstić information content (AvgIpc) is 2.11. The quantitative estimate of drug-likeness (QED) is 0.650. The number of nitrogens with one attached hydrogen (secondary N) is 1. The third-order valence-corrected chi connectivity index (χ3v) is 2.05. The highest BCUT2D eigenvalue weighted by molar-refractivity contribution is 4.70. The Bertz CT molecular complexity index is 62.5. The Balaban J connectivity index is 0.000000461. The standard InChI is InChI=1S/C8H17N.C2H6/c1-2-5-8-6-3-4-7-9-8;1-2/h8-9H,2-7H2,1H3;1-2H3. The molecule has 0 aromatic carbocycles. The molecule has 0 aromatic rings. The summed E-state index contributed by atoms with van der Waals surface area (Å²) in [7, 11) is 0. The van der Waals surface area contributed by atoms with E-state index in [1.165, 1.54) is 38.6 Å². The smallest absolute Gasteiger partial charge is 0.00669 e. The van der Waals surface area contributed by atoms with Crippen LogP contribution in [0, 0.1) is 0 Å². The summed E-state index contributed by atoms with van der Waals surface area (Å²) in [5.74, 6) is 0. The Labute approximate surface area is 71.6 Å². The molecule has 1 saturated heterocycles. The van der Waals surface area contributed by atoms with E-state index in [1.807, 2.05) is 13.8 Å². The molecule has 1 atom stereocenters. The van der Waals surface area contributed by atoms with Crippen LogP contribution in [0.4, 0.5) is 0 Å². The van der Waals surface area contributed by atoms with Crippen molar-refractivity contribution in [2.45, 2.75) is 58.9 Å². The minimum atomic E-state index is 0.851. The van der Waals surface area contributed by atoms with Gasteiger partial charge in [0.1, 0.15) is 0 Å². The molecule has 1 aliphatic heterocycles. The maximum Gasteiger partial charge on any atom is 0.00669 e. The van der Waals surface area contributed by atoms with E-state index < -0.39 is 0 Å². The minimum absolute atomic E-state index is 0.851. The molecule has 0 bridgehead atoms. The number of hydrogen-bond acceptors (Lipinski definition) is 1. The predicted molar refractivity (Wildman–Crippen MR) is 51.9 cm³/mol. The molecule has 1 heterocycles. The fourth-order valence-electron chi connectivity index (χ4n) is 1.52. The zero-order chi connectivity index (χ0) is 8.53. The first-order chi connectivity index (χ1) is 5.43. The molecule has 1 N–H and O–H groups in total. The van der Waals surface area contributed by atoms with Crippen LogP contribution < -0.4 is 5.32 Å². The third-order valence-electron chi connectivity index (χ3n) is 2.05. The lowest BCUT2D eigenvalue weighted by atomic mass is 10.0. The van der Waals surface area contributed by atoms with Gasteiger partial charge in [0.2, 0.25) is 0 Å². The molecule has 1 fully saturated rings. The Hall–Kier alpha value is -0.0400. The van der Waals surface area contributed by atoms with Crippen molar-refractivity contribution in [3.8, 4) is 0 Å². The van der Waals surface area contributed by atoms with Gasteiger partial charge in [0.05, 0.1) is 0 Å². The molecular formula is C10H23N. The first-order valence-electron chi connectivity index (χ1n) is 5.17. The van der Waals surface area contributed by atoms with E-state index in [-0.39, 0.29) is 0 Å². The molecule has 1 rings (SSSR count). The molecule has 1 unspecified atom stereocenters. The van der Waals surface area contributed by atoms with Crippen LogP contribution >= 0.6 is 0 Å². The number of rotatable bonds is 2. The summed E-state index contributed by atoms with van der Waals surface area (Å²) in [5.41, 5.74) is 0. The van der Waals surface area contributed by atoms with Crippen LogP contribution in [0.5, 0.6) is 0 Å². The summed E-state index contributed by atoms with van der Waals surface area (Å²) < 4.78 is 0. The second-order valence-corrected chi connectivity index (χ2v) is 2.94. The van der Waals surface area contributed by atoms with Crippen molar-refractivity contribution in [3.05, 3.63) is 0 Å². The van der Waals surface area contributed by atoms with Gasteiger partial charge in [0, 0.05) is 6.04 Å². The first-order valence-corrected chi connectivity index (χ1v) is 5.17. The average molecular weight is 157 g/mol. The van der Waals surface area contributed by atoms with Crippen LogP contribution in [-0.4, -0.2) is 12.6 Å². The maximum atomic E-state index is 3.52. The van der Waals surface area contributed by atoms with Crippen LogP contribution in [0.15, 0.2) is 0 Å². The topological polar surface area (TPSA) is 12.0 Å². The normalized spacial score (nSPS) is 23.7. The Kier molecular flexibility index (Phi) is 8.03. The summed E-state index contributed by atoms with van der Waals surface area (Å²) in [6, 6.07) is 0.851. The van der Waals surface area contributed by atoms with Gasteiger partial charge in [-0.15, -0.1) is 0 Å². The minimum Gasteiger partial charge on any atom is -0.314 e. The molecule has 1 heteroatoms. The monoisotopic (exact) mass is 157 g/mol. The lowest BCUT2D eigenvalue weighted by molar-refractivity contribution is 0.380. The Morgan fingerprint density at radius 3 is 2.45 bits per heavy atom. The molecule has 0 aliphatic carbocycles. The fraction of sp³-hybridized carbons (Fsp3) is 1.00. The highest BCUT2D eigenvalue weighted by Crippen LogP contribution is 2.10. The largest absolute Gasteiger partial charge is 0.314 e. The Morgan fingerprint density at radius 1 is 1.27 bits per heavy atom. The molecule has 0 spiro atoms. The molecule has 0 radical (unpaired) electrons. The van der Waals surface area contributed by atoms with Crippen molar-refractivity contribution in [1.29, 1.82) is 0 Å². The zero-order valence-electron chi connectivity index (χ0n) is 8.32. The summed E-state index contributed by atoms with van der Waals surface area (Å²) in [5, 5.41) is 3.52. The van der Waals surface area contributed by atoms with Crippen molar-refractivity contribution < 1.29 is 0 Å². The second-order valence-electron chi connectivity index (χ2n) is 2.94. The lowest BCUT2D eigenvalue weighted by Gasteiger charge is -2.22. The first kappa shape index (κ1) is 11.0. The summed E-state index contributed by atoms with van der Waals surface area (Å²) in [4.78, 5) is 0. The van der Waals surface area contributed by atoms with Crippen LogP contribution in [-0.2, 0) is 0 Å². The van der Waals surface area contributed by atoms with E-state index in [9.17, 15) is 0 Å². The van der Waals surface area contributed by atoms with Gasteiger partial charge < -0.3 is 5.32 Å². The molecule has 68 valence electrons. The molecule has 11 heavy (non-hydrogen) atoms. The van der Waals surface area contributed by atoms with Gasteiger partial charge in [-0.05, 0) is 25.8 Å². The van der Waals surface area contributed by atoms with Crippen molar-refractivity contribution in [2.24, 2.45) is 0 Å². The van der Waals surface area contributed by atoms with Crippen molar-refractivity contribution in [1.82, 2.24) is 5.32 Å². The van der Waals surface area contributed by atoms with Gasteiger partial charge in [-0.3, -0.25) is 0 Å². The molecule has 0 aromatic heterocycles. The van der Waals surface area contributed by atoms with Gasteiger partial charge in [-0.25, -0.2) is 0 Å². The van der Waals surface area contributed by atoms with E-state index in [0.717, 1.165) is 6.04 Å². The molecule has 1 nitrogen and oxygen atoms in total. The van der Waals surface area contributed by atoms with Gasteiger partial charge in [-0.1, -0.05) is 33.6 Å². The fourth-order valence-corrected chi connectivity index (χ4v) is 1.52. The van der Waals surface area contributed by atoms with E-state index in [1.54, 1.807) is 0 Å². The van der Waals surface area contributed by atoms with Gasteiger partial charge >= 0.3 is 0 Å². The van der Waals surface area contributed by atoms with Crippen LogP contribution in [0.2, 0.25) is 0 Å². The van der Waals surface area contributed by atoms with E-state index >= 15 is 0 Å². The van der Waals surface area contributed by atoms with Crippen LogP contribution in [0.1, 0.15) is 52.9 Å². The highest BCUT2D eigenvalue weighted by Gasteiger charge is 2.09. The predicted octanol–water partition coefficient (Wildman–Crippen LogP) is 2.95. The van der Waals surface area contributed by atoms with E-state index in [4.69, 9.17) is 0 Å². The van der Waals surface area contributed by atoms with Crippen molar-refractivity contribution in [3.63, 3.8) is 0 Å². The lowest BCUT2D eigenvalue weighted by Crippen LogP contribution is -2.33. The molecule has 0 saturated carbocycles. The number of piperidine rings is 1. The zero-order valence-corrected chi connectivity index (χ0v) is 8.32.